The standard InChI is InChI=1S/C26H35N3O3.2ClH/c1-16(2)13-22-21(15-27)25(19-10-8-17(3)9-11-19)20(18(4)28-22)14-24(30)29-12-6-7-23(29)26(31)32-5;;/h8-11,16,23H,6-7,12-15,27H2,1-5H3;2*1H. The topological polar surface area (TPSA) is 85.5 Å². The van der Waals surface area contributed by atoms with Crippen LogP contribution in [0.1, 0.15) is 54.8 Å². The smallest absolute Gasteiger partial charge is 0.328 e. The van der Waals surface area contributed by atoms with Gasteiger partial charge in [0.25, 0.3) is 0 Å². The van der Waals surface area contributed by atoms with Gasteiger partial charge < -0.3 is 15.4 Å². The van der Waals surface area contributed by atoms with E-state index in [2.05, 4.69) is 45.0 Å². The Morgan fingerprint density at radius 1 is 1.15 bits per heavy atom. The Kier molecular flexibility index (Phi) is 11.5. The maximum Gasteiger partial charge on any atom is 0.328 e. The lowest BCUT2D eigenvalue weighted by Crippen LogP contribution is -2.42. The zero-order valence-electron chi connectivity index (χ0n) is 20.7. The van der Waals surface area contributed by atoms with E-state index in [1.54, 1.807) is 4.90 Å². The van der Waals surface area contributed by atoms with Crippen LogP contribution < -0.4 is 5.73 Å². The van der Waals surface area contributed by atoms with Gasteiger partial charge in [0, 0.05) is 24.5 Å². The first-order valence-corrected chi connectivity index (χ1v) is 11.4. The summed E-state index contributed by atoms with van der Waals surface area (Å²) in [5.74, 6) is 0.0195. The van der Waals surface area contributed by atoms with Crippen molar-refractivity contribution in [1.82, 2.24) is 9.88 Å². The molecule has 188 valence electrons. The Hall–Kier alpha value is -2.15. The van der Waals surface area contributed by atoms with Crippen molar-refractivity contribution < 1.29 is 14.3 Å². The normalized spacial score (nSPS) is 15.0. The molecule has 1 aromatic carbocycles. The molecule has 1 aliphatic heterocycles. The highest BCUT2D eigenvalue weighted by molar-refractivity contribution is 5.88. The van der Waals surface area contributed by atoms with Gasteiger partial charge in [-0.3, -0.25) is 9.78 Å². The van der Waals surface area contributed by atoms with Gasteiger partial charge in [0.15, 0.2) is 0 Å². The molecule has 1 unspecified atom stereocenters. The average Bonchev–Trinajstić information content (AvgIpc) is 3.25. The fraction of sp³-hybridized carbons (Fsp3) is 0.500. The number of pyridine rings is 1. The summed E-state index contributed by atoms with van der Waals surface area (Å²) < 4.78 is 4.92. The molecule has 0 spiro atoms. The zero-order chi connectivity index (χ0) is 23.4. The molecule has 8 heteroatoms. The fourth-order valence-corrected chi connectivity index (χ4v) is 4.60. The van der Waals surface area contributed by atoms with Crippen molar-refractivity contribution in [2.24, 2.45) is 11.7 Å². The minimum Gasteiger partial charge on any atom is -0.467 e. The van der Waals surface area contributed by atoms with Gasteiger partial charge in [-0.05, 0) is 61.3 Å². The number of benzene rings is 1. The molecule has 0 aliphatic carbocycles. The van der Waals surface area contributed by atoms with Gasteiger partial charge in [-0.25, -0.2) is 4.79 Å². The molecule has 1 fully saturated rings. The van der Waals surface area contributed by atoms with Crippen LogP contribution in [0.15, 0.2) is 24.3 Å². The number of carbonyl (C=O) groups is 2. The van der Waals surface area contributed by atoms with Gasteiger partial charge in [-0.2, -0.15) is 0 Å². The molecular weight excluding hydrogens is 473 g/mol. The van der Waals surface area contributed by atoms with Crippen LogP contribution in [0.4, 0.5) is 0 Å². The predicted molar refractivity (Wildman–Crippen MR) is 141 cm³/mol. The van der Waals surface area contributed by atoms with Crippen LogP contribution in [-0.2, 0) is 33.7 Å². The highest BCUT2D eigenvalue weighted by Crippen LogP contribution is 2.33. The second-order valence-corrected chi connectivity index (χ2v) is 9.09. The molecule has 2 heterocycles. The van der Waals surface area contributed by atoms with Crippen molar-refractivity contribution in [1.29, 1.82) is 0 Å². The molecule has 0 bridgehead atoms. The number of nitrogens with zero attached hydrogens (tertiary/aromatic N) is 2. The number of likely N-dealkylation sites (tertiary alicyclic amines) is 1. The van der Waals surface area contributed by atoms with Crippen LogP contribution in [-0.4, -0.2) is 41.5 Å². The number of hydrogen-bond donors (Lipinski definition) is 1. The molecule has 1 amide bonds. The number of hydrogen-bond acceptors (Lipinski definition) is 5. The molecule has 34 heavy (non-hydrogen) atoms. The number of carbonyl (C=O) groups excluding carboxylic acids is 2. The van der Waals surface area contributed by atoms with Gasteiger partial charge >= 0.3 is 5.97 Å². The maximum atomic E-state index is 13.4. The second kappa shape index (κ2) is 13.1. The van der Waals surface area contributed by atoms with Crippen molar-refractivity contribution in [3.63, 3.8) is 0 Å². The number of aromatic nitrogens is 1. The summed E-state index contributed by atoms with van der Waals surface area (Å²) in [6, 6.07) is 7.82. The number of methoxy groups -OCH3 is 1. The van der Waals surface area contributed by atoms with Gasteiger partial charge in [-0.1, -0.05) is 43.7 Å². The number of ether oxygens (including phenoxy) is 1. The minimum absolute atomic E-state index is 0. The van der Waals surface area contributed by atoms with Gasteiger partial charge in [0.05, 0.1) is 13.5 Å². The molecule has 1 saturated heterocycles. The molecule has 1 aliphatic rings. The molecule has 1 aromatic heterocycles. The van der Waals surface area contributed by atoms with E-state index in [1.165, 1.54) is 12.7 Å². The third-order valence-corrected chi connectivity index (χ3v) is 6.21. The SMILES string of the molecule is COC(=O)C1CCCN1C(=O)Cc1c(C)nc(CC(C)C)c(CN)c1-c1ccc(C)cc1.Cl.Cl. The highest BCUT2D eigenvalue weighted by atomic mass is 35.5. The number of nitrogens with two attached hydrogens (primary N) is 1. The van der Waals surface area contributed by atoms with Crippen molar-refractivity contribution in [3.05, 3.63) is 52.3 Å². The molecule has 1 atom stereocenters. The van der Waals surface area contributed by atoms with E-state index < -0.39 is 6.04 Å². The predicted octanol–water partition coefficient (Wildman–Crippen LogP) is 4.57. The van der Waals surface area contributed by atoms with Crippen LogP contribution in [0.25, 0.3) is 11.1 Å². The van der Waals surface area contributed by atoms with E-state index in [-0.39, 0.29) is 43.1 Å². The fourth-order valence-electron chi connectivity index (χ4n) is 4.60. The zero-order valence-corrected chi connectivity index (χ0v) is 22.4. The molecule has 0 radical (unpaired) electrons. The highest BCUT2D eigenvalue weighted by Gasteiger charge is 2.35. The van der Waals surface area contributed by atoms with Crippen LogP contribution in [0.3, 0.4) is 0 Å². The van der Waals surface area contributed by atoms with Crippen LogP contribution in [0.5, 0.6) is 0 Å². The summed E-state index contributed by atoms with van der Waals surface area (Å²) in [5.41, 5.74) is 13.2. The quantitative estimate of drug-likeness (QED) is 0.552. The molecular formula is C26H37Cl2N3O3. The summed E-state index contributed by atoms with van der Waals surface area (Å²) in [6.45, 7) is 9.28. The molecule has 0 saturated carbocycles. The van der Waals surface area contributed by atoms with E-state index in [9.17, 15) is 9.59 Å². The van der Waals surface area contributed by atoms with Gasteiger partial charge in [0.1, 0.15) is 6.04 Å². The number of rotatable bonds is 7. The first-order valence-electron chi connectivity index (χ1n) is 11.4. The maximum absolute atomic E-state index is 13.4. The first kappa shape index (κ1) is 29.9. The minimum atomic E-state index is -0.502. The Balaban J connectivity index is 0.00000289. The lowest BCUT2D eigenvalue weighted by atomic mass is 9.88. The molecule has 6 nitrogen and oxygen atoms in total. The average molecular weight is 511 g/mol. The largest absolute Gasteiger partial charge is 0.467 e. The number of halogens is 2. The Morgan fingerprint density at radius 3 is 2.35 bits per heavy atom. The Labute approximate surface area is 215 Å². The van der Waals surface area contributed by atoms with Crippen molar-refractivity contribution in [2.45, 2.75) is 66.0 Å². The first-order chi connectivity index (χ1) is 15.3. The van der Waals surface area contributed by atoms with Gasteiger partial charge in [0.2, 0.25) is 5.91 Å². The van der Waals surface area contributed by atoms with Crippen molar-refractivity contribution in [2.75, 3.05) is 13.7 Å². The van der Waals surface area contributed by atoms with E-state index in [0.717, 1.165) is 46.5 Å². The molecule has 2 N–H and O–H groups in total. The molecule has 3 rings (SSSR count). The van der Waals surface area contributed by atoms with Crippen LogP contribution in [0.2, 0.25) is 0 Å². The monoisotopic (exact) mass is 509 g/mol. The van der Waals surface area contributed by atoms with Crippen molar-refractivity contribution >= 4 is 36.7 Å². The molecule has 2 aromatic rings. The Morgan fingerprint density at radius 2 is 1.79 bits per heavy atom. The third-order valence-electron chi connectivity index (χ3n) is 6.21. The van der Waals surface area contributed by atoms with Gasteiger partial charge in [-0.15, -0.1) is 24.8 Å². The summed E-state index contributed by atoms with van der Waals surface area (Å²) in [4.78, 5) is 32.1. The van der Waals surface area contributed by atoms with E-state index in [0.29, 0.717) is 25.4 Å². The number of esters is 1. The number of aryl methyl sites for hydroxylation is 2. The Bertz CT molecular complexity index is 994. The third kappa shape index (κ3) is 6.49. The van der Waals surface area contributed by atoms with E-state index >= 15 is 0 Å². The summed E-state index contributed by atoms with van der Waals surface area (Å²) in [6.07, 6.45) is 2.46. The van der Waals surface area contributed by atoms with E-state index in [1.807, 2.05) is 6.92 Å². The second-order valence-electron chi connectivity index (χ2n) is 9.09. The van der Waals surface area contributed by atoms with Crippen LogP contribution >= 0.6 is 24.8 Å². The van der Waals surface area contributed by atoms with E-state index in [4.69, 9.17) is 15.5 Å². The lowest BCUT2D eigenvalue weighted by Gasteiger charge is -2.25. The van der Waals surface area contributed by atoms with Crippen LogP contribution in [0, 0.1) is 19.8 Å². The summed E-state index contributed by atoms with van der Waals surface area (Å²) >= 11 is 0. The van der Waals surface area contributed by atoms with Crippen molar-refractivity contribution in [3.8, 4) is 11.1 Å². The summed E-state index contributed by atoms with van der Waals surface area (Å²) in [5, 5.41) is 0. The lowest BCUT2D eigenvalue weighted by molar-refractivity contribution is -0.150. The number of amides is 1. The summed E-state index contributed by atoms with van der Waals surface area (Å²) in [7, 11) is 1.37.